The van der Waals surface area contributed by atoms with Gasteiger partial charge in [-0.2, -0.15) is 5.10 Å². The molecule has 0 fully saturated rings. The molecule has 1 aromatic heterocycles. The molecule has 0 radical (unpaired) electrons. The number of Topliss-reactive ketones (excluding diaryl/α,β-unsaturated/α-hetero) is 1. The van der Waals surface area contributed by atoms with Gasteiger partial charge in [0.2, 0.25) is 0 Å². The first kappa shape index (κ1) is 34.0. The van der Waals surface area contributed by atoms with E-state index >= 15 is 0 Å². The van der Waals surface area contributed by atoms with E-state index in [2.05, 4.69) is 22.7 Å². The molecule has 0 aliphatic heterocycles. The van der Waals surface area contributed by atoms with E-state index in [-0.39, 0.29) is 19.6 Å². The third-order valence-electron chi connectivity index (χ3n) is 7.00. The fourth-order valence-electron chi connectivity index (χ4n) is 4.62. The fraction of sp³-hybridized carbons (Fsp3) is 0.455. The number of amides is 1. The van der Waals surface area contributed by atoms with Gasteiger partial charge in [0.15, 0.2) is 30.1 Å². The average molecular weight is 609 g/mol. The summed E-state index contributed by atoms with van der Waals surface area (Å²) in [6.07, 6.45) is 10.2. The lowest BCUT2D eigenvalue weighted by atomic mass is 10.1. The van der Waals surface area contributed by atoms with Crippen molar-refractivity contribution in [2.24, 2.45) is 0 Å². The van der Waals surface area contributed by atoms with Crippen LogP contribution in [0.1, 0.15) is 76.0 Å². The molecule has 2 aromatic carbocycles. The SMILES string of the molecule is CCCCCCCCOc1ccc(C)cc1OCNc1ccc(OC)c(NC(=O)C(C(C)=O)n2cc(CCC(=O)O)cn2)c1. The maximum Gasteiger partial charge on any atom is 0.303 e. The number of anilines is 2. The van der Waals surface area contributed by atoms with Crippen LogP contribution < -0.4 is 24.8 Å². The minimum Gasteiger partial charge on any atom is -0.495 e. The Morgan fingerprint density at radius 1 is 0.977 bits per heavy atom. The van der Waals surface area contributed by atoms with Crippen molar-refractivity contribution < 1.29 is 33.7 Å². The van der Waals surface area contributed by atoms with Gasteiger partial charge in [-0.25, -0.2) is 0 Å². The summed E-state index contributed by atoms with van der Waals surface area (Å²) in [6.45, 7) is 6.27. The highest BCUT2D eigenvalue weighted by atomic mass is 16.5. The van der Waals surface area contributed by atoms with E-state index in [0.717, 1.165) is 18.4 Å². The van der Waals surface area contributed by atoms with Gasteiger partial charge in [-0.1, -0.05) is 45.1 Å². The number of methoxy groups -OCH3 is 1. The van der Waals surface area contributed by atoms with Crippen molar-refractivity contribution in [2.75, 3.05) is 31.1 Å². The summed E-state index contributed by atoms with van der Waals surface area (Å²) in [4.78, 5) is 36.6. The second-order valence-corrected chi connectivity index (χ2v) is 10.7. The maximum atomic E-state index is 13.3. The highest BCUT2D eigenvalue weighted by Gasteiger charge is 2.27. The molecule has 1 amide bonds. The quantitative estimate of drug-likeness (QED) is 0.0780. The van der Waals surface area contributed by atoms with Crippen molar-refractivity contribution >= 4 is 29.0 Å². The van der Waals surface area contributed by atoms with Crippen LogP contribution in [-0.4, -0.2) is 53.0 Å². The molecular formula is C33H44N4O7. The van der Waals surface area contributed by atoms with E-state index in [1.165, 1.54) is 56.8 Å². The zero-order chi connectivity index (χ0) is 31.9. The number of aryl methyl sites for hydroxylation is 2. The number of carbonyl (C=O) groups excluding carboxylic acids is 2. The van der Waals surface area contributed by atoms with Crippen LogP contribution in [0, 0.1) is 6.92 Å². The predicted octanol–water partition coefficient (Wildman–Crippen LogP) is 6.17. The third kappa shape index (κ3) is 10.6. The van der Waals surface area contributed by atoms with Gasteiger partial charge in [-0.15, -0.1) is 0 Å². The van der Waals surface area contributed by atoms with E-state index < -0.39 is 23.7 Å². The molecule has 11 heteroatoms. The molecule has 44 heavy (non-hydrogen) atoms. The number of nitrogens with zero attached hydrogens (tertiary/aromatic N) is 2. The van der Waals surface area contributed by atoms with Crippen molar-refractivity contribution in [1.82, 2.24) is 9.78 Å². The zero-order valence-electron chi connectivity index (χ0n) is 26.1. The summed E-state index contributed by atoms with van der Waals surface area (Å²) in [5.74, 6) is -0.251. The Kier molecular flexibility index (Phi) is 13.5. The number of nitrogens with one attached hydrogen (secondary N) is 2. The van der Waals surface area contributed by atoms with Crippen LogP contribution in [0.25, 0.3) is 0 Å². The number of carboxylic acid groups (broad SMARTS) is 1. The number of hydrogen-bond donors (Lipinski definition) is 3. The molecule has 1 unspecified atom stereocenters. The summed E-state index contributed by atoms with van der Waals surface area (Å²) >= 11 is 0. The summed E-state index contributed by atoms with van der Waals surface area (Å²) < 4.78 is 18.7. The number of ether oxygens (including phenoxy) is 3. The lowest BCUT2D eigenvalue weighted by Gasteiger charge is -2.18. The fourth-order valence-corrected chi connectivity index (χ4v) is 4.62. The summed E-state index contributed by atoms with van der Waals surface area (Å²) in [5, 5.41) is 19.0. The Bertz CT molecular complexity index is 1390. The molecule has 0 saturated carbocycles. The van der Waals surface area contributed by atoms with E-state index in [9.17, 15) is 14.4 Å². The molecule has 0 aliphatic carbocycles. The Balaban J connectivity index is 1.62. The normalized spacial score (nSPS) is 11.5. The molecular weight excluding hydrogens is 564 g/mol. The van der Waals surface area contributed by atoms with Crippen LogP contribution in [0.3, 0.4) is 0 Å². The predicted molar refractivity (Wildman–Crippen MR) is 169 cm³/mol. The van der Waals surface area contributed by atoms with Crippen LogP contribution in [0.2, 0.25) is 0 Å². The number of rotatable bonds is 20. The van der Waals surface area contributed by atoms with Crippen LogP contribution in [0.15, 0.2) is 48.8 Å². The zero-order valence-corrected chi connectivity index (χ0v) is 26.1. The van der Waals surface area contributed by atoms with Crippen molar-refractivity contribution in [3.05, 3.63) is 59.9 Å². The minimum absolute atomic E-state index is 0.0826. The van der Waals surface area contributed by atoms with Gasteiger partial charge in [0.1, 0.15) is 5.75 Å². The smallest absolute Gasteiger partial charge is 0.303 e. The minimum atomic E-state index is -1.24. The van der Waals surface area contributed by atoms with Crippen LogP contribution in [-0.2, 0) is 20.8 Å². The van der Waals surface area contributed by atoms with Gasteiger partial charge in [-0.05, 0) is 68.1 Å². The Labute approximate surface area is 258 Å². The van der Waals surface area contributed by atoms with Crippen molar-refractivity contribution in [3.63, 3.8) is 0 Å². The third-order valence-corrected chi connectivity index (χ3v) is 7.00. The number of hydrogen-bond acceptors (Lipinski definition) is 8. The molecule has 0 spiro atoms. The first-order valence-corrected chi connectivity index (χ1v) is 15.1. The Morgan fingerprint density at radius 2 is 1.73 bits per heavy atom. The number of unbranched alkanes of at least 4 members (excludes halogenated alkanes) is 5. The molecule has 1 heterocycles. The second-order valence-electron chi connectivity index (χ2n) is 10.7. The first-order chi connectivity index (χ1) is 21.2. The summed E-state index contributed by atoms with van der Waals surface area (Å²) in [7, 11) is 1.48. The van der Waals surface area contributed by atoms with Gasteiger partial charge in [-0.3, -0.25) is 19.1 Å². The second kappa shape index (κ2) is 17.5. The Morgan fingerprint density at radius 3 is 2.45 bits per heavy atom. The standard InChI is InChI=1S/C33H44N4O7/c1-5-6-7-8-9-10-17-43-29-14-11-23(2)18-30(29)44-22-34-26-13-15-28(42-4)27(19-26)36-33(41)32(24(3)38)37-21-25(20-35-37)12-16-31(39)40/h11,13-15,18-21,32,34H,5-10,12,16-17,22H2,1-4H3,(H,36,41)(H,39,40). The molecule has 3 aromatic rings. The number of carboxylic acids is 1. The maximum absolute atomic E-state index is 13.3. The van der Waals surface area contributed by atoms with Crippen LogP contribution >= 0.6 is 0 Å². The topological polar surface area (TPSA) is 141 Å². The molecule has 0 saturated heterocycles. The van der Waals surface area contributed by atoms with Gasteiger partial charge < -0.3 is 30.0 Å². The molecule has 3 N–H and O–H groups in total. The van der Waals surface area contributed by atoms with Crippen molar-refractivity contribution in [2.45, 2.75) is 78.2 Å². The summed E-state index contributed by atoms with van der Waals surface area (Å²) in [5.41, 5.74) is 2.66. The molecule has 1 atom stereocenters. The monoisotopic (exact) mass is 608 g/mol. The average Bonchev–Trinajstić information content (AvgIpc) is 3.44. The molecule has 0 aliphatic rings. The van der Waals surface area contributed by atoms with Gasteiger partial charge in [0.25, 0.3) is 5.91 Å². The molecule has 3 rings (SSSR count). The largest absolute Gasteiger partial charge is 0.495 e. The first-order valence-electron chi connectivity index (χ1n) is 15.1. The van der Waals surface area contributed by atoms with Crippen LogP contribution in [0.4, 0.5) is 11.4 Å². The molecule has 11 nitrogen and oxygen atoms in total. The lowest BCUT2D eigenvalue weighted by molar-refractivity contribution is -0.137. The molecule has 238 valence electrons. The highest BCUT2D eigenvalue weighted by Crippen LogP contribution is 2.31. The highest BCUT2D eigenvalue weighted by molar-refractivity contribution is 6.08. The van der Waals surface area contributed by atoms with Crippen LogP contribution in [0.5, 0.6) is 17.2 Å². The van der Waals surface area contributed by atoms with Gasteiger partial charge in [0, 0.05) is 18.3 Å². The van der Waals surface area contributed by atoms with E-state index in [0.29, 0.717) is 40.8 Å². The number of carbonyl (C=O) groups is 3. The van der Waals surface area contributed by atoms with Gasteiger partial charge in [0.05, 0.1) is 25.6 Å². The van der Waals surface area contributed by atoms with E-state index in [1.54, 1.807) is 18.2 Å². The summed E-state index contributed by atoms with van der Waals surface area (Å²) in [6, 6.07) is 9.77. The van der Waals surface area contributed by atoms with E-state index in [1.807, 2.05) is 25.1 Å². The number of benzene rings is 2. The lowest BCUT2D eigenvalue weighted by Crippen LogP contribution is -2.31. The number of aromatic nitrogens is 2. The van der Waals surface area contributed by atoms with E-state index in [4.69, 9.17) is 19.3 Å². The van der Waals surface area contributed by atoms with Crippen molar-refractivity contribution in [1.29, 1.82) is 0 Å². The molecule has 0 bridgehead atoms. The van der Waals surface area contributed by atoms with Crippen molar-refractivity contribution in [3.8, 4) is 17.2 Å². The number of aliphatic carboxylic acids is 1. The van der Waals surface area contributed by atoms with Gasteiger partial charge >= 0.3 is 5.97 Å². The Hall–Kier alpha value is -4.54. The number of ketones is 1.